The van der Waals surface area contributed by atoms with Gasteiger partial charge in [0.1, 0.15) is 10.6 Å². The molecule has 0 aromatic heterocycles. The molecule has 1 aliphatic heterocycles. The van der Waals surface area contributed by atoms with Crippen LogP contribution in [-0.4, -0.2) is 43.9 Å². The molecule has 1 saturated heterocycles. The molecule has 2 aromatic carbocycles. The van der Waals surface area contributed by atoms with Gasteiger partial charge >= 0.3 is 0 Å². The normalized spacial score (nSPS) is 17.0. The van der Waals surface area contributed by atoms with E-state index >= 15 is 0 Å². The molecular weight excluding hydrogens is 421 g/mol. The van der Waals surface area contributed by atoms with Gasteiger partial charge < -0.3 is 9.64 Å². The lowest BCUT2D eigenvalue weighted by atomic mass is 10.2. The van der Waals surface area contributed by atoms with Gasteiger partial charge in [-0.1, -0.05) is 41.4 Å². The third kappa shape index (κ3) is 4.20. The van der Waals surface area contributed by atoms with Crippen molar-refractivity contribution in [1.82, 2.24) is 9.21 Å². The van der Waals surface area contributed by atoms with Crippen LogP contribution in [0.5, 0.6) is 5.75 Å². The Balaban J connectivity index is 2.07. The molecule has 0 aliphatic carbocycles. The molecule has 28 heavy (non-hydrogen) atoms. The predicted octanol–water partition coefficient (Wildman–Crippen LogP) is 3.75. The Labute approximate surface area is 174 Å². The van der Waals surface area contributed by atoms with Crippen molar-refractivity contribution in [3.63, 3.8) is 0 Å². The van der Waals surface area contributed by atoms with Gasteiger partial charge in [-0.25, -0.2) is 8.42 Å². The minimum Gasteiger partial charge on any atom is -0.495 e. The van der Waals surface area contributed by atoms with Crippen LogP contribution in [0.3, 0.4) is 0 Å². The zero-order valence-electron chi connectivity index (χ0n) is 15.2. The average molecular weight is 440 g/mol. The van der Waals surface area contributed by atoms with Crippen molar-refractivity contribution in [2.24, 2.45) is 0 Å². The lowest BCUT2D eigenvalue weighted by Crippen LogP contribution is -2.41. The molecule has 2 aromatic rings. The van der Waals surface area contributed by atoms with E-state index in [0.717, 1.165) is 0 Å². The summed E-state index contributed by atoms with van der Waals surface area (Å²) < 4.78 is 33.9. The number of hydrogen-bond acceptors (Lipinski definition) is 5. The summed E-state index contributed by atoms with van der Waals surface area (Å²) >= 11 is 12.3. The maximum Gasteiger partial charge on any atom is 0.247 e. The molecule has 0 amide bonds. The van der Waals surface area contributed by atoms with Gasteiger partial charge in [0.25, 0.3) is 0 Å². The number of hydrogen-bond donors (Lipinski definition) is 0. The first-order valence-electron chi connectivity index (χ1n) is 8.60. The predicted molar refractivity (Wildman–Crippen MR) is 108 cm³/mol. The number of halogens is 2. The quantitative estimate of drug-likeness (QED) is 0.640. The topological polar surface area (TPSA) is 73.6 Å². The SMILES string of the molecule is COc1ccc(Cl)cc1S(=O)(=O)N(Cc1ccccc1Cl)[C@@H]1CCN(C#N)C1. The number of benzene rings is 2. The smallest absolute Gasteiger partial charge is 0.247 e. The summed E-state index contributed by atoms with van der Waals surface area (Å²) in [7, 11) is -2.56. The molecule has 3 rings (SSSR count). The number of nitriles is 1. The summed E-state index contributed by atoms with van der Waals surface area (Å²) in [5.41, 5.74) is 0.684. The maximum atomic E-state index is 13.6. The Hall–Kier alpha value is -1.98. The molecule has 1 fully saturated rings. The van der Waals surface area contributed by atoms with E-state index in [1.54, 1.807) is 29.2 Å². The summed E-state index contributed by atoms with van der Waals surface area (Å²) in [6.07, 6.45) is 2.63. The molecule has 0 spiro atoms. The van der Waals surface area contributed by atoms with Crippen molar-refractivity contribution < 1.29 is 13.2 Å². The summed E-state index contributed by atoms with van der Waals surface area (Å²) in [4.78, 5) is 1.54. The number of nitrogens with zero attached hydrogens (tertiary/aromatic N) is 3. The fourth-order valence-electron chi connectivity index (χ4n) is 3.25. The summed E-state index contributed by atoms with van der Waals surface area (Å²) in [6.45, 7) is 0.910. The molecule has 0 saturated carbocycles. The van der Waals surface area contributed by atoms with Crippen LogP contribution in [0.4, 0.5) is 0 Å². The molecule has 0 unspecified atom stereocenters. The maximum absolute atomic E-state index is 13.6. The lowest BCUT2D eigenvalue weighted by Gasteiger charge is -2.29. The van der Waals surface area contributed by atoms with Crippen molar-refractivity contribution in [2.75, 3.05) is 20.2 Å². The highest BCUT2D eigenvalue weighted by Gasteiger charge is 2.37. The number of methoxy groups -OCH3 is 1. The van der Waals surface area contributed by atoms with Gasteiger partial charge in [0.05, 0.1) is 7.11 Å². The molecule has 0 radical (unpaired) electrons. The molecule has 6 nitrogen and oxygen atoms in total. The Kier molecular flexibility index (Phi) is 6.36. The van der Waals surface area contributed by atoms with Crippen LogP contribution in [0.25, 0.3) is 0 Å². The zero-order chi connectivity index (χ0) is 20.3. The van der Waals surface area contributed by atoms with Gasteiger partial charge in [-0.15, -0.1) is 0 Å². The summed E-state index contributed by atoms with van der Waals surface area (Å²) in [6, 6.07) is 11.2. The van der Waals surface area contributed by atoms with E-state index in [9.17, 15) is 13.7 Å². The van der Waals surface area contributed by atoms with Gasteiger partial charge in [0.2, 0.25) is 10.0 Å². The van der Waals surface area contributed by atoms with Crippen molar-refractivity contribution in [2.45, 2.75) is 23.9 Å². The first-order chi connectivity index (χ1) is 13.4. The Morgan fingerprint density at radius 3 is 2.68 bits per heavy atom. The Bertz CT molecular complexity index is 1010. The third-order valence-electron chi connectivity index (χ3n) is 4.71. The average Bonchev–Trinajstić information content (AvgIpc) is 3.16. The molecule has 148 valence electrons. The van der Waals surface area contributed by atoms with E-state index < -0.39 is 10.0 Å². The third-order valence-corrected chi connectivity index (χ3v) is 7.23. The molecule has 0 bridgehead atoms. The van der Waals surface area contributed by atoms with Crippen LogP contribution >= 0.6 is 23.2 Å². The molecule has 1 aliphatic rings. The van der Waals surface area contributed by atoms with Gasteiger partial charge in [0, 0.05) is 35.7 Å². The highest BCUT2D eigenvalue weighted by molar-refractivity contribution is 7.89. The Morgan fingerprint density at radius 2 is 2.04 bits per heavy atom. The second-order valence-corrected chi connectivity index (χ2v) is 9.13. The summed E-state index contributed by atoms with van der Waals surface area (Å²) in [5, 5.41) is 9.96. The van der Waals surface area contributed by atoms with E-state index in [4.69, 9.17) is 27.9 Å². The van der Waals surface area contributed by atoms with Crippen molar-refractivity contribution in [3.8, 4) is 11.9 Å². The second kappa shape index (κ2) is 8.58. The standard InChI is InChI=1S/C19H19Cl2N3O3S/c1-27-18-7-6-15(20)10-19(18)28(25,26)24(16-8-9-23(12-16)13-22)11-14-4-2-3-5-17(14)21/h2-7,10,16H,8-9,11-12H2,1H3/t16-/m1/s1. The number of rotatable bonds is 6. The zero-order valence-corrected chi connectivity index (χ0v) is 17.5. The number of sulfonamides is 1. The second-order valence-electron chi connectivity index (χ2n) is 6.43. The fourth-order valence-corrected chi connectivity index (χ4v) is 5.49. The van der Waals surface area contributed by atoms with Crippen LogP contribution in [0, 0.1) is 11.5 Å². The highest BCUT2D eigenvalue weighted by Crippen LogP contribution is 2.33. The van der Waals surface area contributed by atoms with Gasteiger partial charge in [-0.3, -0.25) is 0 Å². The molecule has 1 atom stereocenters. The van der Waals surface area contributed by atoms with Crippen LogP contribution < -0.4 is 4.74 Å². The first-order valence-corrected chi connectivity index (χ1v) is 10.8. The van der Waals surface area contributed by atoms with Crippen LogP contribution in [0.2, 0.25) is 10.0 Å². The minimum absolute atomic E-state index is 0.00930. The number of ether oxygens (including phenoxy) is 1. The molecular formula is C19H19Cl2N3O3S. The van der Waals surface area contributed by atoms with Gasteiger partial charge in [0.15, 0.2) is 6.19 Å². The van der Waals surface area contributed by atoms with E-state index in [2.05, 4.69) is 6.19 Å². The van der Waals surface area contributed by atoms with Crippen LogP contribution in [0.1, 0.15) is 12.0 Å². The largest absolute Gasteiger partial charge is 0.495 e. The van der Waals surface area contributed by atoms with Gasteiger partial charge in [-0.05, 0) is 36.2 Å². The van der Waals surface area contributed by atoms with Crippen LogP contribution in [0.15, 0.2) is 47.4 Å². The van der Waals surface area contributed by atoms with Crippen molar-refractivity contribution in [1.29, 1.82) is 5.26 Å². The fraction of sp³-hybridized carbons (Fsp3) is 0.316. The van der Waals surface area contributed by atoms with Gasteiger partial charge in [-0.2, -0.15) is 9.57 Å². The molecule has 0 N–H and O–H groups in total. The Morgan fingerprint density at radius 1 is 1.29 bits per heavy atom. The van der Waals surface area contributed by atoms with E-state index in [0.29, 0.717) is 35.1 Å². The lowest BCUT2D eigenvalue weighted by molar-refractivity contribution is 0.312. The monoisotopic (exact) mass is 439 g/mol. The number of likely N-dealkylation sites (tertiary alicyclic amines) is 1. The van der Waals surface area contributed by atoms with Crippen molar-refractivity contribution >= 4 is 33.2 Å². The summed E-state index contributed by atoms with van der Waals surface area (Å²) in [5.74, 6) is 0.212. The van der Waals surface area contributed by atoms with Crippen LogP contribution in [-0.2, 0) is 16.6 Å². The first kappa shape index (κ1) is 20.7. The highest BCUT2D eigenvalue weighted by atomic mass is 35.5. The molecule has 1 heterocycles. The van der Waals surface area contributed by atoms with E-state index in [1.165, 1.54) is 23.5 Å². The molecule has 9 heteroatoms. The minimum atomic E-state index is -3.97. The van der Waals surface area contributed by atoms with Crippen molar-refractivity contribution in [3.05, 3.63) is 58.1 Å². The van der Waals surface area contributed by atoms with E-state index in [-0.39, 0.29) is 23.2 Å². The van der Waals surface area contributed by atoms with E-state index in [1.807, 2.05) is 6.07 Å².